The summed E-state index contributed by atoms with van der Waals surface area (Å²) in [7, 11) is -1.20. The third-order valence-electron chi connectivity index (χ3n) is 6.90. The van der Waals surface area contributed by atoms with Gasteiger partial charge in [-0.05, 0) is 53.7 Å². The Morgan fingerprint density at radius 3 is 2.00 bits per heavy atom. The Hall–Kier alpha value is -2.25. The van der Waals surface area contributed by atoms with Gasteiger partial charge in [0, 0.05) is 15.5 Å². The van der Waals surface area contributed by atoms with Crippen LogP contribution < -0.4 is 10.6 Å². The Labute approximate surface area is 248 Å². The molecule has 3 aromatic rings. The first kappa shape index (κ1) is 30.2. The quantitative estimate of drug-likeness (QED) is 0.222. The van der Waals surface area contributed by atoms with E-state index in [9.17, 15) is 4.79 Å². The molecule has 5 atom stereocenters. The summed E-state index contributed by atoms with van der Waals surface area (Å²) in [5, 5.41) is 2.20. The summed E-state index contributed by atoms with van der Waals surface area (Å²) in [5.41, 5.74) is 0.125. The van der Waals surface area contributed by atoms with Crippen LogP contribution in [-0.4, -0.2) is 48.2 Å². The largest absolute Gasteiger partial charge is 0.462 e. The topological polar surface area (TPSA) is 63.2 Å². The highest BCUT2D eigenvalue weighted by Gasteiger charge is 2.57. The number of thioether (sulfide) groups is 1. The monoisotopic (exact) mass is 594 g/mol. The molecule has 5 rings (SSSR count). The maximum atomic E-state index is 12.7. The van der Waals surface area contributed by atoms with Crippen LogP contribution in [0.25, 0.3) is 0 Å². The lowest BCUT2D eigenvalue weighted by molar-refractivity contribution is -0.181. The Balaban J connectivity index is 1.50. The zero-order valence-electron chi connectivity index (χ0n) is 24.5. The van der Waals surface area contributed by atoms with Crippen molar-refractivity contribution in [1.29, 1.82) is 0 Å². The van der Waals surface area contributed by atoms with Crippen molar-refractivity contribution in [2.75, 3.05) is 6.61 Å². The van der Waals surface area contributed by atoms with E-state index in [4.69, 9.17) is 23.5 Å². The predicted octanol–water partition coefficient (Wildman–Crippen LogP) is 6.35. The molecule has 2 saturated heterocycles. The molecule has 3 aromatic carbocycles. The lowest BCUT2D eigenvalue weighted by Crippen LogP contribution is -2.57. The molecule has 0 saturated carbocycles. The first-order valence-electron chi connectivity index (χ1n) is 14.0. The highest BCUT2D eigenvalue weighted by Crippen LogP contribution is 2.48. The molecule has 218 valence electrons. The van der Waals surface area contributed by atoms with Crippen LogP contribution in [0.2, 0.25) is 0 Å². The predicted molar refractivity (Wildman–Crippen MR) is 164 cm³/mol. The second-order valence-corrected chi connectivity index (χ2v) is 14.9. The number of rotatable bonds is 8. The SMILES string of the molecule is Cc1ccc(S[C@@H]2O[C@H](COC(=O)C(C)(C)C)C3OC(C)(C)OC3[C@H]2OP(c2ccccc2)c2ccccc2)cc1. The van der Waals surface area contributed by atoms with Crippen LogP contribution in [0.3, 0.4) is 0 Å². The van der Waals surface area contributed by atoms with Gasteiger partial charge in [-0.15, -0.1) is 0 Å². The number of carbonyl (C=O) groups excluding carboxylic acids is 1. The van der Waals surface area contributed by atoms with Crippen LogP contribution >= 0.6 is 19.9 Å². The van der Waals surface area contributed by atoms with E-state index in [0.29, 0.717) is 0 Å². The number of carbonyl (C=O) groups is 1. The summed E-state index contributed by atoms with van der Waals surface area (Å²) in [6, 6.07) is 28.9. The molecule has 6 nitrogen and oxygen atoms in total. The fourth-order valence-electron chi connectivity index (χ4n) is 4.82. The van der Waals surface area contributed by atoms with Crippen molar-refractivity contribution in [2.45, 2.75) is 82.1 Å². The maximum absolute atomic E-state index is 12.7. The molecule has 0 spiro atoms. The van der Waals surface area contributed by atoms with Crippen molar-refractivity contribution in [1.82, 2.24) is 0 Å². The summed E-state index contributed by atoms with van der Waals surface area (Å²) in [6.45, 7) is 11.5. The first-order valence-corrected chi connectivity index (χ1v) is 16.1. The Bertz CT molecular complexity index is 1260. The van der Waals surface area contributed by atoms with Gasteiger partial charge in [-0.3, -0.25) is 4.79 Å². The van der Waals surface area contributed by atoms with E-state index in [2.05, 4.69) is 55.5 Å². The fourth-order valence-corrected chi connectivity index (χ4v) is 7.91. The van der Waals surface area contributed by atoms with Gasteiger partial charge in [0.1, 0.15) is 36.5 Å². The van der Waals surface area contributed by atoms with E-state index in [-0.39, 0.29) is 12.6 Å². The molecule has 0 amide bonds. The second kappa shape index (κ2) is 12.5. The van der Waals surface area contributed by atoms with Crippen molar-refractivity contribution in [2.24, 2.45) is 5.41 Å². The van der Waals surface area contributed by atoms with Crippen LogP contribution in [-0.2, 0) is 28.3 Å². The first-order chi connectivity index (χ1) is 19.5. The van der Waals surface area contributed by atoms with Gasteiger partial charge in [-0.25, -0.2) is 0 Å². The van der Waals surface area contributed by atoms with Crippen molar-refractivity contribution in [3.63, 3.8) is 0 Å². The number of esters is 1. The number of hydrogen-bond acceptors (Lipinski definition) is 7. The fraction of sp³-hybridized carbons (Fsp3) is 0.424. The molecule has 0 radical (unpaired) electrons. The average Bonchev–Trinajstić information content (AvgIpc) is 3.28. The number of hydrogen-bond donors (Lipinski definition) is 0. The minimum atomic E-state index is -1.20. The van der Waals surface area contributed by atoms with Crippen LogP contribution in [0.5, 0.6) is 0 Å². The lowest BCUT2D eigenvalue weighted by Gasteiger charge is -2.43. The maximum Gasteiger partial charge on any atom is 0.311 e. The molecule has 0 aromatic heterocycles. The highest BCUT2D eigenvalue weighted by atomic mass is 32.2. The standard InChI is InChI=1S/C33H39O6PS/c1-22-17-19-25(20-18-22)41-30-29(39-40(23-13-9-7-10-14-23)24-15-11-8-12-16-24)28-27(37-33(5,6)38-28)26(36-30)21-35-31(34)32(2,3)4/h7-20,26-30H,21H2,1-6H3/t26-,27?,28?,29-,30+/m1/s1. The summed E-state index contributed by atoms with van der Waals surface area (Å²) >= 11 is 1.59. The minimum absolute atomic E-state index is 0.0700. The Morgan fingerprint density at radius 2 is 1.44 bits per heavy atom. The molecule has 2 fully saturated rings. The highest BCUT2D eigenvalue weighted by molar-refractivity contribution is 7.99. The molecule has 2 aliphatic rings. The lowest BCUT2D eigenvalue weighted by atomic mass is 9.97. The van der Waals surface area contributed by atoms with Crippen LogP contribution in [0, 0.1) is 12.3 Å². The molecule has 0 bridgehead atoms. The van der Waals surface area contributed by atoms with E-state index in [1.807, 2.05) is 71.0 Å². The Kier molecular flexibility index (Phi) is 9.25. The molecule has 0 aliphatic carbocycles. The molecule has 2 unspecified atom stereocenters. The number of aryl methyl sites for hydroxylation is 1. The smallest absolute Gasteiger partial charge is 0.311 e. The second-order valence-electron chi connectivity index (χ2n) is 11.9. The van der Waals surface area contributed by atoms with Crippen molar-refractivity contribution in [3.8, 4) is 0 Å². The zero-order chi connectivity index (χ0) is 29.2. The average molecular weight is 595 g/mol. The summed E-state index contributed by atoms with van der Waals surface area (Å²) in [5.74, 6) is -1.13. The van der Waals surface area contributed by atoms with E-state index in [1.165, 1.54) is 5.56 Å². The minimum Gasteiger partial charge on any atom is -0.462 e. The summed E-state index contributed by atoms with van der Waals surface area (Å²) in [4.78, 5) is 13.7. The third-order valence-corrected chi connectivity index (χ3v) is 10.0. The van der Waals surface area contributed by atoms with E-state index >= 15 is 0 Å². The van der Waals surface area contributed by atoms with Crippen LogP contribution in [0.4, 0.5) is 0 Å². The number of benzene rings is 3. The van der Waals surface area contributed by atoms with Gasteiger partial charge in [0.15, 0.2) is 5.79 Å². The van der Waals surface area contributed by atoms with Gasteiger partial charge in [0.25, 0.3) is 0 Å². The third kappa shape index (κ3) is 7.40. The van der Waals surface area contributed by atoms with E-state index in [0.717, 1.165) is 15.5 Å². The molecule has 8 heteroatoms. The summed E-state index contributed by atoms with van der Waals surface area (Å²) in [6.07, 6.45) is -1.89. The van der Waals surface area contributed by atoms with Gasteiger partial charge in [0.2, 0.25) is 0 Å². The van der Waals surface area contributed by atoms with Gasteiger partial charge in [-0.2, -0.15) is 0 Å². The van der Waals surface area contributed by atoms with Crippen LogP contribution in [0.15, 0.2) is 89.8 Å². The Morgan fingerprint density at radius 1 is 0.878 bits per heavy atom. The number of fused-ring (bicyclic) bond motifs is 1. The van der Waals surface area contributed by atoms with E-state index < -0.39 is 49.2 Å². The molecule has 0 N–H and O–H groups in total. The van der Waals surface area contributed by atoms with Gasteiger partial charge < -0.3 is 23.5 Å². The van der Waals surface area contributed by atoms with Gasteiger partial charge >= 0.3 is 5.97 Å². The molecular weight excluding hydrogens is 555 g/mol. The normalized spacial score (nSPS) is 25.6. The molecular formula is C33H39O6PS. The zero-order valence-corrected chi connectivity index (χ0v) is 26.2. The molecule has 2 aliphatic heterocycles. The summed E-state index contributed by atoms with van der Waals surface area (Å²) < 4.78 is 32.6. The van der Waals surface area contributed by atoms with E-state index in [1.54, 1.807) is 11.8 Å². The van der Waals surface area contributed by atoms with Gasteiger partial charge in [0.05, 0.1) is 13.6 Å². The van der Waals surface area contributed by atoms with Crippen molar-refractivity contribution < 1.29 is 28.3 Å². The van der Waals surface area contributed by atoms with Crippen molar-refractivity contribution >= 4 is 36.5 Å². The van der Waals surface area contributed by atoms with Crippen molar-refractivity contribution in [3.05, 3.63) is 90.5 Å². The van der Waals surface area contributed by atoms with Gasteiger partial charge in [-0.1, -0.05) is 90.1 Å². The number of ether oxygens (including phenoxy) is 4. The van der Waals surface area contributed by atoms with Crippen LogP contribution in [0.1, 0.15) is 40.2 Å². The molecule has 41 heavy (non-hydrogen) atoms. The molecule has 2 heterocycles.